The predicted octanol–water partition coefficient (Wildman–Crippen LogP) is 2.20. The van der Waals surface area contributed by atoms with Crippen molar-refractivity contribution in [3.63, 3.8) is 0 Å². The molecule has 2 atom stereocenters. The van der Waals surface area contributed by atoms with Crippen LogP contribution in [0, 0.1) is 0 Å². The summed E-state index contributed by atoms with van der Waals surface area (Å²) in [7, 11) is -3.60. The summed E-state index contributed by atoms with van der Waals surface area (Å²) in [5, 5.41) is 2.66. The van der Waals surface area contributed by atoms with Gasteiger partial charge in [-0.3, -0.25) is 4.79 Å². The van der Waals surface area contributed by atoms with E-state index in [1.165, 1.54) is 12.1 Å². The first-order chi connectivity index (χ1) is 10.8. The molecule has 24 heavy (non-hydrogen) atoms. The van der Waals surface area contributed by atoms with Crippen LogP contribution >= 0.6 is 24.2 Å². The average molecular weight is 396 g/mol. The molecule has 0 saturated heterocycles. The van der Waals surface area contributed by atoms with E-state index < -0.39 is 16.1 Å². The molecule has 0 radical (unpaired) electrons. The standard InChI is InChI=1S/C15H25N3O3S2.ClH/c1-4-11(2)18-23(20,21)13-7-5-6-12(10-13)17-15(19)14(16)8-9-22-3;/h5-7,10-11,14,18H,4,8-9,16H2,1-3H3,(H,17,19);1H/t11?,14-;/m0./s1. The Balaban J connectivity index is 0.00000529. The first kappa shape index (κ1) is 23.2. The predicted molar refractivity (Wildman–Crippen MR) is 103 cm³/mol. The third-order valence-corrected chi connectivity index (χ3v) is 5.58. The lowest BCUT2D eigenvalue weighted by Crippen LogP contribution is -2.36. The second-order valence-electron chi connectivity index (χ2n) is 5.34. The number of nitrogens with two attached hydrogens (primary N) is 1. The molecule has 6 nitrogen and oxygen atoms in total. The molecule has 4 N–H and O–H groups in total. The van der Waals surface area contributed by atoms with Crippen LogP contribution in [0.4, 0.5) is 5.69 Å². The number of carbonyl (C=O) groups is 1. The fraction of sp³-hybridized carbons (Fsp3) is 0.533. The van der Waals surface area contributed by atoms with E-state index in [1.807, 2.05) is 13.2 Å². The minimum absolute atomic E-state index is 0. The molecular weight excluding hydrogens is 370 g/mol. The van der Waals surface area contributed by atoms with Gasteiger partial charge >= 0.3 is 0 Å². The van der Waals surface area contributed by atoms with E-state index in [-0.39, 0.29) is 29.3 Å². The Hall–Kier alpha value is -0.800. The molecule has 1 unspecified atom stereocenters. The highest BCUT2D eigenvalue weighted by Gasteiger charge is 2.18. The lowest BCUT2D eigenvalue weighted by atomic mass is 10.2. The summed E-state index contributed by atoms with van der Waals surface area (Å²) in [5.74, 6) is 0.477. The quantitative estimate of drug-likeness (QED) is 0.595. The molecule has 0 spiro atoms. The second kappa shape index (κ2) is 10.9. The van der Waals surface area contributed by atoms with Crippen molar-refractivity contribution in [3.8, 4) is 0 Å². The fourth-order valence-corrected chi connectivity index (χ4v) is 3.63. The molecule has 1 aromatic rings. The van der Waals surface area contributed by atoms with Gasteiger partial charge in [0.25, 0.3) is 0 Å². The normalized spacial score (nSPS) is 13.7. The highest BCUT2D eigenvalue weighted by molar-refractivity contribution is 7.98. The number of rotatable bonds is 9. The number of carbonyl (C=O) groups excluding carboxylic acids is 1. The number of halogens is 1. The molecule has 0 aliphatic carbocycles. The average Bonchev–Trinajstić information content (AvgIpc) is 2.52. The number of sulfonamides is 1. The lowest BCUT2D eigenvalue weighted by Gasteiger charge is -2.14. The van der Waals surface area contributed by atoms with E-state index in [1.54, 1.807) is 30.8 Å². The van der Waals surface area contributed by atoms with Crippen LogP contribution in [0.1, 0.15) is 26.7 Å². The molecule has 0 saturated carbocycles. The van der Waals surface area contributed by atoms with Crippen molar-refractivity contribution in [2.45, 2.75) is 43.7 Å². The SMILES string of the molecule is CCC(C)NS(=O)(=O)c1cccc(NC(=O)[C@@H](N)CCSC)c1.Cl. The van der Waals surface area contributed by atoms with Crippen LogP contribution in [-0.2, 0) is 14.8 Å². The van der Waals surface area contributed by atoms with Gasteiger partial charge in [-0.25, -0.2) is 13.1 Å². The minimum atomic E-state index is -3.60. The topological polar surface area (TPSA) is 101 Å². The highest BCUT2D eigenvalue weighted by atomic mass is 35.5. The van der Waals surface area contributed by atoms with Crippen LogP contribution < -0.4 is 15.8 Å². The van der Waals surface area contributed by atoms with Crippen molar-refractivity contribution >= 4 is 45.8 Å². The zero-order chi connectivity index (χ0) is 17.5. The minimum Gasteiger partial charge on any atom is -0.325 e. The van der Waals surface area contributed by atoms with E-state index in [9.17, 15) is 13.2 Å². The largest absolute Gasteiger partial charge is 0.325 e. The summed E-state index contributed by atoms with van der Waals surface area (Å²) < 4.78 is 27.1. The van der Waals surface area contributed by atoms with Crippen molar-refractivity contribution in [2.24, 2.45) is 5.73 Å². The summed E-state index contributed by atoms with van der Waals surface area (Å²) >= 11 is 1.62. The zero-order valence-corrected chi connectivity index (χ0v) is 16.6. The number of anilines is 1. The molecular formula is C15H26ClN3O3S2. The van der Waals surface area contributed by atoms with Gasteiger partial charge < -0.3 is 11.1 Å². The van der Waals surface area contributed by atoms with E-state index in [2.05, 4.69) is 10.0 Å². The van der Waals surface area contributed by atoms with Gasteiger partial charge in [0.1, 0.15) is 0 Å². The Bertz CT molecular complexity index is 626. The Labute approximate surface area is 154 Å². The molecule has 0 heterocycles. The molecule has 1 rings (SSSR count). The van der Waals surface area contributed by atoms with Crippen molar-refractivity contribution in [3.05, 3.63) is 24.3 Å². The fourth-order valence-electron chi connectivity index (χ4n) is 1.77. The van der Waals surface area contributed by atoms with Crippen molar-refractivity contribution < 1.29 is 13.2 Å². The van der Waals surface area contributed by atoms with Gasteiger partial charge in [-0.2, -0.15) is 11.8 Å². The molecule has 9 heteroatoms. The Morgan fingerprint density at radius 3 is 2.62 bits per heavy atom. The lowest BCUT2D eigenvalue weighted by molar-refractivity contribution is -0.117. The van der Waals surface area contributed by atoms with Gasteiger partial charge in [0.15, 0.2) is 0 Å². The van der Waals surface area contributed by atoms with Gasteiger partial charge in [-0.1, -0.05) is 13.0 Å². The number of thioether (sulfide) groups is 1. The highest BCUT2D eigenvalue weighted by Crippen LogP contribution is 2.16. The number of benzene rings is 1. The third-order valence-electron chi connectivity index (χ3n) is 3.35. The van der Waals surface area contributed by atoms with Crippen LogP contribution in [0.2, 0.25) is 0 Å². The monoisotopic (exact) mass is 395 g/mol. The maximum absolute atomic E-state index is 12.3. The van der Waals surface area contributed by atoms with Gasteiger partial charge in [0.2, 0.25) is 15.9 Å². The van der Waals surface area contributed by atoms with Gasteiger partial charge in [-0.05, 0) is 50.0 Å². The molecule has 138 valence electrons. The van der Waals surface area contributed by atoms with Crippen molar-refractivity contribution in [2.75, 3.05) is 17.3 Å². The van der Waals surface area contributed by atoms with Gasteiger partial charge in [-0.15, -0.1) is 12.4 Å². The maximum Gasteiger partial charge on any atom is 0.241 e. The third kappa shape index (κ3) is 7.40. The maximum atomic E-state index is 12.3. The molecule has 0 aliphatic rings. The molecule has 1 aromatic carbocycles. The molecule has 0 aromatic heterocycles. The Morgan fingerprint density at radius 2 is 2.04 bits per heavy atom. The van der Waals surface area contributed by atoms with Crippen LogP contribution in [0.15, 0.2) is 29.2 Å². The van der Waals surface area contributed by atoms with Crippen LogP contribution in [0.25, 0.3) is 0 Å². The summed E-state index contributed by atoms with van der Waals surface area (Å²) in [6.45, 7) is 3.70. The molecule has 0 bridgehead atoms. The van der Waals surface area contributed by atoms with E-state index in [0.717, 1.165) is 5.75 Å². The molecule has 1 amide bonds. The van der Waals surface area contributed by atoms with E-state index in [0.29, 0.717) is 18.5 Å². The summed E-state index contributed by atoms with van der Waals surface area (Å²) in [6, 6.07) is 5.40. The number of hydrogen-bond acceptors (Lipinski definition) is 5. The smallest absolute Gasteiger partial charge is 0.241 e. The van der Waals surface area contributed by atoms with Crippen LogP contribution in [-0.4, -0.2) is 38.4 Å². The second-order valence-corrected chi connectivity index (χ2v) is 8.04. The summed E-state index contributed by atoms with van der Waals surface area (Å²) in [6.07, 6.45) is 3.21. The van der Waals surface area contributed by atoms with Crippen LogP contribution in [0.5, 0.6) is 0 Å². The van der Waals surface area contributed by atoms with Gasteiger partial charge in [0, 0.05) is 11.7 Å². The molecule has 0 fully saturated rings. The number of amides is 1. The first-order valence-corrected chi connectivity index (χ1v) is 10.4. The molecule has 0 aliphatic heterocycles. The van der Waals surface area contributed by atoms with Gasteiger partial charge in [0.05, 0.1) is 10.9 Å². The van der Waals surface area contributed by atoms with Crippen molar-refractivity contribution in [1.29, 1.82) is 0 Å². The van der Waals surface area contributed by atoms with E-state index in [4.69, 9.17) is 5.73 Å². The van der Waals surface area contributed by atoms with E-state index >= 15 is 0 Å². The summed E-state index contributed by atoms with van der Waals surface area (Å²) in [5.41, 5.74) is 6.22. The van der Waals surface area contributed by atoms with Crippen molar-refractivity contribution in [1.82, 2.24) is 4.72 Å². The zero-order valence-electron chi connectivity index (χ0n) is 14.1. The number of hydrogen-bond donors (Lipinski definition) is 3. The first-order valence-electron chi connectivity index (χ1n) is 7.48. The van der Waals surface area contributed by atoms with Crippen LogP contribution in [0.3, 0.4) is 0 Å². The summed E-state index contributed by atoms with van der Waals surface area (Å²) in [4.78, 5) is 12.1. The Kier molecular flexibility index (Phi) is 10.6. The number of nitrogens with one attached hydrogen (secondary N) is 2. The Morgan fingerprint density at radius 1 is 1.38 bits per heavy atom.